The quantitative estimate of drug-likeness (QED) is 0.0379. The van der Waals surface area contributed by atoms with E-state index < -0.39 is 58.3 Å². The number of carbonyl (C=O) groups excluding carboxylic acids is 2. The smallest absolute Gasteiger partial charge is 0.329 e. The van der Waals surface area contributed by atoms with E-state index in [1.807, 2.05) is 13.8 Å². The fourth-order valence-electron chi connectivity index (χ4n) is 6.93. The van der Waals surface area contributed by atoms with E-state index in [0.717, 1.165) is 89.9 Å². The maximum absolute atomic E-state index is 15.5. The van der Waals surface area contributed by atoms with Crippen LogP contribution in [0.15, 0.2) is 0 Å². The van der Waals surface area contributed by atoms with Gasteiger partial charge in [0.15, 0.2) is 5.25 Å². The molecule has 0 aromatic rings. The van der Waals surface area contributed by atoms with Gasteiger partial charge in [-0.15, -0.1) is 0 Å². The minimum atomic E-state index is -5.16. The van der Waals surface area contributed by atoms with Gasteiger partial charge in [-0.2, -0.15) is 8.42 Å². The highest BCUT2D eigenvalue weighted by Crippen LogP contribution is 2.28. The molecule has 10 heteroatoms. The van der Waals surface area contributed by atoms with Crippen LogP contribution in [0.5, 0.6) is 0 Å². The summed E-state index contributed by atoms with van der Waals surface area (Å²) < 4.78 is 75.0. The monoisotopic (exact) mass is 767 g/mol. The molecule has 0 aliphatic heterocycles. The van der Waals surface area contributed by atoms with Gasteiger partial charge in [0.25, 0.3) is 10.1 Å². The second kappa shape index (κ2) is 34.2. The maximum Gasteiger partial charge on any atom is 0.329 e. The van der Waals surface area contributed by atoms with Crippen LogP contribution < -0.4 is 0 Å². The second-order valence-electron chi connectivity index (χ2n) is 15.3. The molecule has 0 fully saturated rings. The average Bonchev–Trinajstić information content (AvgIpc) is 3.10. The van der Waals surface area contributed by atoms with Crippen molar-refractivity contribution in [1.82, 2.24) is 0 Å². The van der Waals surface area contributed by atoms with Crippen molar-refractivity contribution in [2.75, 3.05) is 0 Å². The summed E-state index contributed by atoms with van der Waals surface area (Å²) in [5.74, 6) is -4.01. The first-order valence-electron chi connectivity index (χ1n) is 21.7. The van der Waals surface area contributed by atoms with Gasteiger partial charge < -0.3 is 9.47 Å². The first-order chi connectivity index (χ1) is 25.0. The predicted molar refractivity (Wildman–Crippen MR) is 210 cm³/mol. The lowest BCUT2D eigenvalue weighted by atomic mass is 9.94. The predicted octanol–water partition coefficient (Wildman–Crippen LogP) is 13.3. The lowest BCUT2D eigenvalue weighted by Gasteiger charge is -2.24. The van der Waals surface area contributed by atoms with Crippen LogP contribution in [0.2, 0.25) is 0 Å². The van der Waals surface area contributed by atoms with Crippen molar-refractivity contribution in [3.63, 3.8) is 0 Å². The molecule has 1 N–H and O–H groups in total. The fraction of sp³-hybridized carbons (Fsp3) is 0.952. The van der Waals surface area contributed by atoms with Crippen LogP contribution in [-0.4, -0.2) is 42.9 Å². The zero-order valence-corrected chi connectivity index (χ0v) is 34.7. The summed E-state index contributed by atoms with van der Waals surface area (Å²) >= 11 is 0. The molecule has 0 aliphatic rings. The van der Waals surface area contributed by atoms with E-state index >= 15 is 8.78 Å². The highest BCUT2D eigenvalue weighted by molar-refractivity contribution is 7.87. The van der Waals surface area contributed by atoms with Gasteiger partial charge in [-0.05, 0) is 25.7 Å². The Bertz CT molecular complexity index is 949. The molecule has 0 aromatic carbocycles. The molecule has 0 rings (SSSR count). The van der Waals surface area contributed by atoms with Crippen molar-refractivity contribution >= 4 is 22.1 Å². The number of unbranched alkanes of at least 4 members (excludes halogenated alkanes) is 22. The topological polar surface area (TPSA) is 107 Å². The van der Waals surface area contributed by atoms with Gasteiger partial charge in [-0.3, -0.25) is 14.1 Å². The molecule has 0 saturated carbocycles. The Morgan fingerprint density at radius 2 is 0.750 bits per heavy atom. The second-order valence-corrected chi connectivity index (χ2v) is 16.9. The molecule has 5 atom stereocenters. The lowest BCUT2D eigenvalue weighted by molar-refractivity contribution is -0.171. The van der Waals surface area contributed by atoms with Crippen molar-refractivity contribution in [2.45, 2.75) is 245 Å². The summed E-state index contributed by atoms with van der Waals surface area (Å²) in [6.07, 6.45) is 24.8. The van der Waals surface area contributed by atoms with Gasteiger partial charge in [0.05, 0.1) is 6.42 Å². The Hall–Kier alpha value is -1.29. The van der Waals surface area contributed by atoms with Gasteiger partial charge in [-0.1, -0.05) is 195 Å². The highest BCUT2D eigenvalue weighted by Gasteiger charge is 2.39. The molecule has 0 bridgehead atoms. The normalized spacial score (nSPS) is 14.8. The number of ether oxygens (including phenoxy) is 2. The van der Waals surface area contributed by atoms with E-state index in [1.54, 1.807) is 0 Å². The molecular formula is C42H80F2O7S. The van der Waals surface area contributed by atoms with E-state index in [-0.39, 0.29) is 0 Å². The molecule has 310 valence electrons. The summed E-state index contributed by atoms with van der Waals surface area (Å²) in [6, 6.07) is 0. The summed E-state index contributed by atoms with van der Waals surface area (Å²) in [5.41, 5.74) is 0. The van der Waals surface area contributed by atoms with Gasteiger partial charge in [0.2, 0.25) is 12.7 Å². The van der Waals surface area contributed by atoms with E-state index in [2.05, 4.69) is 13.8 Å². The third-order valence-electron chi connectivity index (χ3n) is 10.4. The van der Waals surface area contributed by atoms with Crippen molar-refractivity contribution in [3.05, 3.63) is 0 Å². The Morgan fingerprint density at radius 1 is 0.481 bits per heavy atom. The molecule has 52 heavy (non-hydrogen) atoms. The lowest BCUT2D eigenvalue weighted by Crippen LogP contribution is -2.38. The molecule has 0 spiro atoms. The summed E-state index contributed by atoms with van der Waals surface area (Å²) in [5, 5.41) is -2.39. The Balaban J connectivity index is 5.07. The van der Waals surface area contributed by atoms with E-state index in [4.69, 9.17) is 9.47 Å². The summed E-state index contributed by atoms with van der Waals surface area (Å²) in [6.45, 7) is 8.49. The van der Waals surface area contributed by atoms with Gasteiger partial charge in [0.1, 0.15) is 0 Å². The zero-order chi connectivity index (χ0) is 38.9. The minimum absolute atomic E-state index is 0.473. The Kier molecular flexibility index (Phi) is 33.4. The largest absolute Gasteiger partial charge is 0.431 e. The third kappa shape index (κ3) is 28.2. The van der Waals surface area contributed by atoms with Crippen LogP contribution in [0.1, 0.15) is 227 Å². The van der Waals surface area contributed by atoms with Crippen molar-refractivity contribution in [2.24, 2.45) is 11.8 Å². The molecule has 0 radical (unpaired) electrons. The molecule has 7 nitrogen and oxygen atoms in total. The molecule has 0 aliphatic carbocycles. The first kappa shape index (κ1) is 50.7. The summed E-state index contributed by atoms with van der Waals surface area (Å²) in [4.78, 5) is 25.7. The fourth-order valence-corrected chi connectivity index (χ4v) is 7.57. The minimum Gasteiger partial charge on any atom is -0.431 e. The maximum atomic E-state index is 15.5. The molecule has 0 heterocycles. The molecule has 0 aromatic heterocycles. The SMILES string of the molecule is CCCCCCCCCCCCC(CCCCC)C(F)OC(=O)CC(C(=O)OC(F)C(CCCCC)CCCCCCCCCCCC)S(=O)(=O)O. The van der Waals surface area contributed by atoms with E-state index in [9.17, 15) is 22.6 Å². The van der Waals surface area contributed by atoms with Crippen LogP contribution in [0.3, 0.4) is 0 Å². The molecule has 5 unspecified atom stereocenters. The number of rotatable bonds is 38. The number of alkyl halides is 2. The van der Waals surface area contributed by atoms with Crippen LogP contribution in [0.4, 0.5) is 8.78 Å². The van der Waals surface area contributed by atoms with Crippen LogP contribution >= 0.6 is 0 Å². The van der Waals surface area contributed by atoms with Crippen LogP contribution in [0, 0.1) is 11.8 Å². The number of esters is 2. The van der Waals surface area contributed by atoms with Crippen LogP contribution in [0.25, 0.3) is 0 Å². The number of hydrogen-bond acceptors (Lipinski definition) is 6. The standard InChI is InChI=1S/C42H80F2O7S/c1-5-9-13-15-17-19-21-23-25-29-33-36(31-27-11-7-3)40(43)50-39(45)35-38(52(47,48)49)42(46)51-41(44)37(32-28-12-8-4)34-30-26-24-22-20-18-16-14-10-6-2/h36-38,40-41H,5-35H2,1-4H3,(H,47,48,49). The van der Waals surface area contributed by atoms with E-state index in [1.165, 1.54) is 77.0 Å². The van der Waals surface area contributed by atoms with Gasteiger partial charge in [0, 0.05) is 11.8 Å². The third-order valence-corrected chi connectivity index (χ3v) is 11.5. The molecule has 0 amide bonds. The van der Waals surface area contributed by atoms with E-state index in [0.29, 0.717) is 25.7 Å². The van der Waals surface area contributed by atoms with Crippen molar-refractivity contribution in [3.8, 4) is 0 Å². The highest BCUT2D eigenvalue weighted by atomic mass is 32.2. The molecule has 0 saturated heterocycles. The number of halogens is 2. The summed E-state index contributed by atoms with van der Waals surface area (Å²) in [7, 11) is -5.16. The van der Waals surface area contributed by atoms with Crippen molar-refractivity contribution < 1.29 is 40.8 Å². The van der Waals surface area contributed by atoms with Crippen LogP contribution in [-0.2, 0) is 29.2 Å². The van der Waals surface area contributed by atoms with Crippen molar-refractivity contribution in [1.29, 1.82) is 0 Å². The van der Waals surface area contributed by atoms with Gasteiger partial charge in [-0.25, -0.2) is 8.78 Å². The zero-order valence-electron chi connectivity index (χ0n) is 33.9. The average molecular weight is 767 g/mol. The van der Waals surface area contributed by atoms with Gasteiger partial charge >= 0.3 is 11.9 Å². The first-order valence-corrected chi connectivity index (χ1v) is 23.2. The molecular weight excluding hydrogens is 687 g/mol. The number of carbonyl (C=O) groups is 2. The Morgan fingerprint density at radius 3 is 1.08 bits per heavy atom. The number of hydrogen-bond donors (Lipinski definition) is 1. The Labute approximate surface area is 318 Å².